The molecule has 7 heteroatoms. The lowest BCUT2D eigenvalue weighted by molar-refractivity contribution is -0.265. The smallest absolute Gasteiger partial charge is 0.277 e. The van der Waals surface area contributed by atoms with Crippen molar-refractivity contribution < 1.29 is 31.1 Å². The number of alkyl halides is 6. The average molecular weight is 180 g/mol. The van der Waals surface area contributed by atoms with Gasteiger partial charge in [-0.05, 0) is 0 Å². The summed E-state index contributed by atoms with van der Waals surface area (Å²) in [7, 11) is 0. The minimum absolute atomic E-state index is 2.75. The molecule has 0 spiro atoms. The Morgan fingerprint density at radius 3 is 1.55 bits per heavy atom. The lowest BCUT2D eigenvalue weighted by atomic mass is 10.2. The van der Waals surface area contributed by atoms with E-state index in [0.29, 0.717) is 0 Å². The van der Waals surface area contributed by atoms with Gasteiger partial charge >= 0.3 is 12.0 Å². The van der Waals surface area contributed by atoms with Gasteiger partial charge in [-0.3, -0.25) is 4.74 Å². The van der Waals surface area contributed by atoms with E-state index >= 15 is 0 Å². The lowest BCUT2D eigenvalue weighted by Crippen LogP contribution is -2.37. The van der Waals surface area contributed by atoms with Crippen LogP contribution in [-0.2, 0) is 4.74 Å². The Morgan fingerprint density at radius 2 is 1.45 bits per heavy atom. The first-order valence-electron chi connectivity index (χ1n) is 2.50. The second kappa shape index (κ2) is 2.02. The van der Waals surface area contributed by atoms with Gasteiger partial charge < -0.3 is 0 Å². The maximum atomic E-state index is 11.9. The van der Waals surface area contributed by atoms with E-state index in [1.54, 1.807) is 0 Å². The second-order valence-corrected chi connectivity index (χ2v) is 2.03. The maximum absolute atomic E-state index is 11.9. The van der Waals surface area contributed by atoms with Gasteiger partial charge in [-0.1, -0.05) is 0 Å². The van der Waals surface area contributed by atoms with Crippen LogP contribution in [0.1, 0.15) is 0 Å². The van der Waals surface area contributed by atoms with Gasteiger partial charge in [0.25, 0.3) is 12.5 Å². The first-order chi connectivity index (χ1) is 4.78. The van der Waals surface area contributed by atoms with Crippen LogP contribution < -0.4 is 0 Å². The molecular weight excluding hydrogens is 178 g/mol. The fraction of sp³-hybridized carbons (Fsp3) is 1.00. The summed E-state index contributed by atoms with van der Waals surface area (Å²) in [6.45, 7) is 0. The Kier molecular flexibility index (Phi) is 1.59. The normalized spacial score (nSPS) is 40.9. The van der Waals surface area contributed by atoms with Crippen LogP contribution in [0.2, 0.25) is 0 Å². The van der Waals surface area contributed by atoms with E-state index in [0.717, 1.165) is 0 Å². The van der Waals surface area contributed by atoms with Crippen LogP contribution in [0.5, 0.6) is 0 Å². The van der Waals surface area contributed by atoms with E-state index < -0.39 is 24.6 Å². The summed E-state index contributed by atoms with van der Waals surface area (Å²) in [6.07, 6.45) is -12.2. The molecule has 0 aliphatic carbocycles. The molecule has 1 heterocycles. The van der Waals surface area contributed by atoms with Crippen molar-refractivity contribution in [3.63, 3.8) is 0 Å². The summed E-state index contributed by atoms with van der Waals surface area (Å²) in [4.78, 5) is 0. The van der Waals surface area contributed by atoms with E-state index in [2.05, 4.69) is 4.74 Å². The molecule has 1 nitrogen and oxygen atoms in total. The molecule has 1 saturated heterocycles. The quantitative estimate of drug-likeness (QED) is 0.517. The van der Waals surface area contributed by atoms with E-state index in [-0.39, 0.29) is 0 Å². The zero-order chi connectivity index (χ0) is 8.86. The zero-order valence-corrected chi connectivity index (χ0v) is 4.83. The summed E-state index contributed by atoms with van der Waals surface area (Å²) >= 11 is 0. The van der Waals surface area contributed by atoms with Crippen LogP contribution in [0.15, 0.2) is 0 Å². The highest BCUT2D eigenvalue weighted by Crippen LogP contribution is 2.46. The van der Waals surface area contributed by atoms with Crippen molar-refractivity contribution in [3.8, 4) is 0 Å². The first-order valence-corrected chi connectivity index (χ1v) is 2.50. The Balaban J connectivity index is 2.89. The van der Waals surface area contributed by atoms with E-state index in [9.17, 15) is 26.3 Å². The molecule has 2 atom stereocenters. The molecule has 1 rings (SSSR count). The Hall–Kier alpha value is -0.460. The first kappa shape index (κ1) is 8.63. The SMILES string of the molecule is FC1OC(F)(F)C(F)C1(F)F. The highest BCUT2D eigenvalue weighted by Gasteiger charge is 2.70. The van der Waals surface area contributed by atoms with Crippen molar-refractivity contribution in [2.45, 2.75) is 24.6 Å². The molecule has 0 radical (unpaired) electrons. The molecule has 66 valence electrons. The van der Waals surface area contributed by atoms with Gasteiger partial charge in [0.05, 0.1) is 0 Å². The number of halogens is 6. The van der Waals surface area contributed by atoms with Gasteiger partial charge in [0.2, 0.25) is 0 Å². The molecule has 0 amide bonds. The fourth-order valence-electron chi connectivity index (χ4n) is 0.615. The van der Waals surface area contributed by atoms with Crippen molar-refractivity contribution >= 4 is 0 Å². The van der Waals surface area contributed by atoms with Crippen LogP contribution in [0, 0.1) is 0 Å². The summed E-state index contributed by atoms with van der Waals surface area (Å²) in [5, 5.41) is 0. The highest BCUT2D eigenvalue weighted by molar-refractivity contribution is 4.92. The van der Waals surface area contributed by atoms with Crippen LogP contribution in [0.4, 0.5) is 26.3 Å². The number of hydrogen-bond acceptors (Lipinski definition) is 1. The minimum atomic E-state index is -4.76. The standard InChI is InChI=1S/C4H2F6O/c5-1-3(7,8)2(6)11-4(1,9)10/h1-2H. The molecule has 1 aliphatic rings. The molecule has 0 saturated carbocycles. The Morgan fingerprint density at radius 1 is 1.00 bits per heavy atom. The Bertz CT molecular complexity index is 168. The van der Waals surface area contributed by atoms with E-state index in [1.807, 2.05) is 0 Å². The van der Waals surface area contributed by atoms with Crippen LogP contribution in [0.3, 0.4) is 0 Å². The molecule has 2 unspecified atom stereocenters. The average Bonchev–Trinajstić information content (AvgIpc) is 1.94. The number of rotatable bonds is 0. The molecule has 1 aliphatic heterocycles. The summed E-state index contributed by atoms with van der Waals surface area (Å²) in [5.74, 6) is -4.76. The van der Waals surface area contributed by atoms with Crippen molar-refractivity contribution in [2.75, 3.05) is 0 Å². The molecule has 0 aromatic rings. The largest absolute Gasteiger partial charge is 0.395 e. The summed E-state index contributed by atoms with van der Waals surface area (Å²) in [5.41, 5.74) is 0. The van der Waals surface area contributed by atoms with E-state index in [4.69, 9.17) is 0 Å². The molecule has 1 fully saturated rings. The fourth-order valence-corrected chi connectivity index (χ4v) is 0.615. The maximum Gasteiger partial charge on any atom is 0.395 e. The monoisotopic (exact) mass is 180 g/mol. The van der Waals surface area contributed by atoms with Gasteiger partial charge in [0.15, 0.2) is 0 Å². The molecule has 0 aromatic heterocycles. The third-order valence-electron chi connectivity index (χ3n) is 1.20. The molecule has 0 N–H and O–H groups in total. The molecule has 11 heavy (non-hydrogen) atoms. The van der Waals surface area contributed by atoms with E-state index in [1.165, 1.54) is 0 Å². The predicted molar refractivity (Wildman–Crippen MR) is 20.8 cm³/mol. The second-order valence-electron chi connectivity index (χ2n) is 2.03. The van der Waals surface area contributed by atoms with Crippen molar-refractivity contribution in [3.05, 3.63) is 0 Å². The minimum Gasteiger partial charge on any atom is -0.277 e. The van der Waals surface area contributed by atoms with Crippen molar-refractivity contribution in [1.82, 2.24) is 0 Å². The van der Waals surface area contributed by atoms with Crippen LogP contribution >= 0.6 is 0 Å². The van der Waals surface area contributed by atoms with Crippen molar-refractivity contribution in [1.29, 1.82) is 0 Å². The van der Waals surface area contributed by atoms with Gasteiger partial charge in [-0.25, -0.2) is 8.78 Å². The van der Waals surface area contributed by atoms with Crippen molar-refractivity contribution in [2.24, 2.45) is 0 Å². The summed E-state index contributed by atoms with van der Waals surface area (Å²) in [6, 6.07) is 0. The topological polar surface area (TPSA) is 9.23 Å². The molecule has 0 aromatic carbocycles. The van der Waals surface area contributed by atoms with Gasteiger partial charge in [0, 0.05) is 0 Å². The third-order valence-corrected chi connectivity index (χ3v) is 1.20. The summed E-state index contributed by atoms with van der Waals surface area (Å²) < 4.78 is 73.6. The third kappa shape index (κ3) is 1.07. The molecular formula is C4H2F6O. The van der Waals surface area contributed by atoms with Gasteiger partial charge in [-0.15, -0.1) is 0 Å². The zero-order valence-electron chi connectivity index (χ0n) is 4.83. The molecule has 0 bridgehead atoms. The lowest BCUT2D eigenvalue weighted by Gasteiger charge is -2.11. The van der Waals surface area contributed by atoms with Crippen LogP contribution in [-0.4, -0.2) is 24.6 Å². The van der Waals surface area contributed by atoms with Crippen LogP contribution in [0.25, 0.3) is 0 Å². The Labute approximate surface area is 56.9 Å². The number of ether oxygens (including phenoxy) is 1. The predicted octanol–water partition coefficient (Wildman–Crippen LogP) is 1.88. The highest BCUT2D eigenvalue weighted by atomic mass is 19.3. The van der Waals surface area contributed by atoms with Gasteiger partial charge in [-0.2, -0.15) is 17.6 Å². The number of hydrogen-bond donors (Lipinski definition) is 0. The van der Waals surface area contributed by atoms with Gasteiger partial charge in [0.1, 0.15) is 0 Å².